The van der Waals surface area contributed by atoms with Gasteiger partial charge in [0.2, 0.25) is 10.0 Å². The number of nitrogens with zero attached hydrogens (tertiary/aromatic N) is 1. The molecule has 37 heavy (non-hydrogen) atoms. The van der Waals surface area contributed by atoms with E-state index in [-0.39, 0.29) is 5.56 Å². The van der Waals surface area contributed by atoms with Gasteiger partial charge in [-0.05, 0) is 55.6 Å². The molecule has 0 aliphatic heterocycles. The van der Waals surface area contributed by atoms with Crippen LogP contribution in [0.3, 0.4) is 0 Å². The van der Waals surface area contributed by atoms with Gasteiger partial charge in [-0.3, -0.25) is 18.8 Å². The first-order chi connectivity index (χ1) is 17.7. The predicted molar refractivity (Wildman–Crippen MR) is 138 cm³/mol. The number of sulfonamides is 1. The first-order valence-electron chi connectivity index (χ1n) is 11.7. The zero-order valence-electron chi connectivity index (χ0n) is 20.1. The van der Waals surface area contributed by atoms with E-state index in [4.69, 9.17) is 10.5 Å². The van der Waals surface area contributed by atoms with E-state index >= 15 is 0 Å². The number of unbranched alkanes of at least 4 members (excludes halogenated alkanes) is 2. The quantitative estimate of drug-likeness (QED) is 0.225. The number of carbonyl (C=O) groups is 2. The summed E-state index contributed by atoms with van der Waals surface area (Å²) in [6.07, 6.45) is 4.12. The number of carbonyl (C=O) groups excluding carboxylic acids is 1. The van der Waals surface area contributed by atoms with Gasteiger partial charge in [0.1, 0.15) is 17.4 Å². The van der Waals surface area contributed by atoms with Gasteiger partial charge in [-0.1, -0.05) is 30.3 Å². The van der Waals surface area contributed by atoms with E-state index in [1.54, 1.807) is 48.5 Å². The second kappa shape index (κ2) is 13.0. The third-order valence-corrected chi connectivity index (χ3v) is 6.83. The van der Waals surface area contributed by atoms with Gasteiger partial charge in [-0.15, -0.1) is 0 Å². The fourth-order valence-electron chi connectivity index (χ4n) is 3.57. The minimum atomic E-state index is -4.01. The van der Waals surface area contributed by atoms with Crippen LogP contribution in [0.1, 0.15) is 35.2 Å². The summed E-state index contributed by atoms with van der Waals surface area (Å²) in [5.74, 6) is -2.27. The molecule has 2 aromatic heterocycles. The molecular formula is C25H30N4O7S. The number of rotatable bonds is 14. The number of amides is 1. The van der Waals surface area contributed by atoms with Crippen LogP contribution < -0.4 is 26.1 Å². The highest BCUT2D eigenvalue weighted by molar-refractivity contribution is 7.88. The number of aliphatic carboxylic acids is 1. The molecule has 0 spiro atoms. The number of carboxylic acids is 1. The zero-order chi connectivity index (χ0) is 26.8. The van der Waals surface area contributed by atoms with Crippen LogP contribution in [0, 0.1) is 0 Å². The molecule has 11 nitrogen and oxygen atoms in total. The molecule has 1 aromatic carbocycles. The molecule has 0 aliphatic carbocycles. The SMILES string of the molecule is NCCCCCOc1ccc2ccc(C(=O)NCC(NS(=O)(=O)Cc3ccccc3)C(=O)O)c(=O)n2c1. The topological polar surface area (TPSA) is 169 Å². The van der Waals surface area contributed by atoms with Crippen LogP contribution in [0.2, 0.25) is 0 Å². The summed E-state index contributed by atoms with van der Waals surface area (Å²) in [7, 11) is -4.01. The molecule has 0 fully saturated rings. The summed E-state index contributed by atoms with van der Waals surface area (Å²) in [4.78, 5) is 37.3. The molecule has 1 atom stereocenters. The number of aromatic nitrogens is 1. The predicted octanol–water partition coefficient (Wildman–Crippen LogP) is 1.11. The van der Waals surface area contributed by atoms with E-state index < -0.39 is 45.8 Å². The van der Waals surface area contributed by atoms with Crippen molar-refractivity contribution < 1.29 is 27.9 Å². The molecule has 2 heterocycles. The standard InChI is InChI=1S/C25H30N4O7S/c26-13-5-2-6-14-36-20-11-9-19-10-12-21(24(31)29(19)16-20)23(30)27-15-22(25(32)33)28-37(34,35)17-18-7-3-1-4-8-18/h1,3-4,7-12,16,22,28H,2,5-6,13-15,17,26H2,(H,27,30)(H,32,33). The van der Waals surface area contributed by atoms with Gasteiger partial charge >= 0.3 is 5.97 Å². The molecular weight excluding hydrogens is 500 g/mol. The second-order valence-corrected chi connectivity index (χ2v) is 10.1. The van der Waals surface area contributed by atoms with E-state index in [1.165, 1.54) is 16.7 Å². The van der Waals surface area contributed by atoms with E-state index in [0.29, 0.717) is 30.0 Å². The van der Waals surface area contributed by atoms with Crippen LogP contribution in [0.4, 0.5) is 0 Å². The lowest BCUT2D eigenvalue weighted by molar-refractivity contribution is -0.138. The molecule has 5 N–H and O–H groups in total. The number of hydrogen-bond acceptors (Lipinski definition) is 7. The third-order valence-electron chi connectivity index (χ3n) is 5.47. The summed E-state index contributed by atoms with van der Waals surface area (Å²) < 4.78 is 33.9. The van der Waals surface area contributed by atoms with Crippen molar-refractivity contribution in [2.24, 2.45) is 5.73 Å². The van der Waals surface area contributed by atoms with Crippen LogP contribution in [0.15, 0.2) is 65.6 Å². The Hall–Kier alpha value is -3.74. The van der Waals surface area contributed by atoms with Crippen molar-refractivity contribution in [1.29, 1.82) is 0 Å². The summed E-state index contributed by atoms with van der Waals surface area (Å²) in [6.45, 7) is 0.510. The van der Waals surface area contributed by atoms with Crippen molar-refractivity contribution in [2.45, 2.75) is 31.1 Å². The second-order valence-electron chi connectivity index (χ2n) is 8.37. The van der Waals surface area contributed by atoms with Crippen molar-refractivity contribution in [3.63, 3.8) is 0 Å². The number of nitrogens with two attached hydrogens (primary N) is 1. The number of hydrogen-bond donors (Lipinski definition) is 4. The molecule has 1 amide bonds. The normalized spacial score (nSPS) is 12.2. The van der Waals surface area contributed by atoms with Gasteiger partial charge in [0, 0.05) is 12.1 Å². The molecule has 198 valence electrons. The summed E-state index contributed by atoms with van der Waals surface area (Å²) >= 11 is 0. The Morgan fingerprint density at radius 2 is 1.76 bits per heavy atom. The highest BCUT2D eigenvalue weighted by Gasteiger charge is 2.25. The summed E-state index contributed by atoms with van der Waals surface area (Å²) in [5, 5.41) is 11.8. The lowest BCUT2D eigenvalue weighted by Gasteiger charge is -2.16. The number of carboxylic acid groups (broad SMARTS) is 1. The van der Waals surface area contributed by atoms with Gasteiger partial charge in [-0.25, -0.2) is 8.42 Å². The number of fused-ring (bicyclic) bond motifs is 1. The smallest absolute Gasteiger partial charge is 0.323 e. The molecule has 1 unspecified atom stereocenters. The van der Waals surface area contributed by atoms with Crippen molar-refractivity contribution in [3.8, 4) is 5.75 Å². The van der Waals surface area contributed by atoms with Gasteiger partial charge in [0.05, 0.1) is 18.6 Å². The Morgan fingerprint density at radius 1 is 1.03 bits per heavy atom. The molecule has 0 aliphatic rings. The number of ether oxygens (including phenoxy) is 1. The van der Waals surface area contributed by atoms with Crippen molar-refractivity contribution in [3.05, 3.63) is 82.3 Å². The molecule has 0 radical (unpaired) electrons. The maximum absolute atomic E-state index is 13.0. The van der Waals surface area contributed by atoms with Crippen LogP contribution >= 0.6 is 0 Å². The highest BCUT2D eigenvalue weighted by Crippen LogP contribution is 2.13. The van der Waals surface area contributed by atoms with Crippen LogP contribution in [0.5, 0.6) is 5.75 Å². The maximum atomic E-state index is 13.0. The van der Waals surface area contributed by atoms with E-state index in [0.717, 1.165) is 19.3 Å². The van der Waals surface area contributed by atoms with Crippen molar-refractivity contribution in [1.82, 2.24) is 14.4 Å². The monoisotopic (exact) mass is 530 g/mol. The Morgan fingerprint density at radius 3 is 2.46 bits per heavy atom. The number of pyridine rings is 2. The number of benzene rings is 1. The maximum Gasteiger partial charge on any atom is 0.323 e. The van der Waals surface area contributed by atoms with Crippen LogP contribution in [0.25, 0.3) is 5.52 Å². The molecule has 0 bridgehead atoms. The molecule has 0 saturated heterocycles. The summed E-state index contributed by atoms with van der Waals surface area (Å²) in [6, 6.07) is 12.9. The third kappa shape index (κ3) is 8.13. The van der Waals surface area contributed by atoms with E-state index in [1.807, 2.05) is 0 Å². The Balaban J connectivity index is 1.67. The lowest BCUT2D eigenvalue weighted by Crippen LogP contribution is -2.49. The Labute approximate surface area is 214 Å². The molecule has 3 rings (SSSR count). The zero-order valence-corrected chi connectivity index (χ0v) is 20.9. The van der Waals surface area contributed by atoms with E-state index in [2.05, 4.69) is 10.0 Å². The minimum Gasteiger partial charge on any atom is -0.492 e. The van der Waals surface area contributed by atoms with Crippen molar-refractivity contribution in [2.75, 3.05) is 19.7 Å². The lowest BCUT2D eigenvalue weighted by atomic mass is 10.2. The molecule has 3 aromatic rings. The highest BCUT2D eigenvalue weighted by atomic mass is 32.2. The van der Waals surface area contributed by atoms with Crippen LogP contribution in [-0.2, 0) is 20.6 Å². The first kappa shape index (κ1) is 27.8. The first-order valence-corrected chi connectivity index (χ1v) is 13.4. The largest absolute Gasteiger partial charge is 0.492 e. The molecule has 0 saturated carbocycles. The fraction of sp³-hybridized carbons (Fsp3) is 0.320. The van der Waals surface area contributed by atoms with Crippen LogP contribution in [-0.4, -0.2) is 55.5 Å². The van der Waals surface area contributed by atoms with Gasteiger partial charge in [0.15, 0.2) is 0 Å². The Kier molecular flexibility index (Phi) is 9.78. The van der Waals surface area contributed by atoms with Crippen molar-refractivity contribution >= 4 is 27.4 Å². The number of nitrogens with one attached hydrogen (secondary N) is 2. The van der Waals surface area contributed by atoms with Gasteiger partial charge in [-0.2, -0.15) is 4.72 Å². The average molecular weight is 531 g/mol. The van der Waals surface area contributed by atoms with E-state index in [9.17, 15) is 27.9 Å². The van der Waals surface area contributed by atoms with Gasteiger partial charge in [0.25, 0.3) is 11.5 Å². The minimum absolute atomic E-state index is 0.228. The molecule has 12 heteroatoms. The fourth-order valence-corrected chi connectivity index (χ4v) is 4.90. The summed E-state index contributed by atoms with van der Waals surface area (Å²) in [5.41, 5.74) is 5.64. The Bertz CT molecular complexity index is 1390. The van der Waals surface area contributed by atoms with Gasteiger partial charge < -0.3 is 20.9 Å². The average Bonchev–Trinajstić information content (AvgIpc) is 2.87.